The van der Waals surface area contributed by atoms with E-state index in [1.165, 1.54) is 0 Å². The molecule has 0 saturated carbocycles. The summed E-state index contributed by atoms with van der Waals surface area (Å²) in [5, 5.41) is 0. The third-order valence-electron chi connectivity index (χ3n) is 3.06. The SMILES string of the molecule is COC(F)(C(F)(F)F)C(F)(C(F)(F)F)C(F)(F)C(F)(F)C(F)(F)C(F)(F)F. The summed E-state index contributed by atoms with van der Waals surface area (Å²) in [5.74, 6) is -33.0. The first-order chi connectivity index (χ1) is 11.3. The maximum Gasteiger partial charge on any atom is 0.460 e. The smallest absolute Gasteiger partial charge is 0.339 e. The molecule has 0 heterocycles. The van der Waals surface area contributed by atoms with Gasteiger partial charge >= 0.3 is 47.8 Å². The molecule has 0 aromatic heterocycles. The zero-order chi connectivity index (χ0) is 22.7. The number of ether oxygens (including phenoxy) is 1. The minimum Gasteiger partial charge on any atom is -0.339 e. The van der Waals surface area contributed by atoms with Crippen LogP contribution in [0.4, 0.5) is 74.6 Å². The van der Waals surface area contributed by atoms with Crippen LogP contribution in [0.5, 0.6) is 0 Å². The molecule has 0 bridgehead atoms. The van der Waals surface area contributed by atoms with Gasteiger partial charge in [-0.25, -0.2) is 4.39 Å². The highest BCUT2D eigenvalue weighted by molar-refractivity contribution is 5.19. The zero-order valence-corrected chi connectivity index (χ0v) is 11.8. The molecule has 0 N–H and O–H groups in total. The lowest BCUT2D eigenvalue weighted by Gasteiger charge is -2.46. The van der Waals surface area contributed by atoms with Gasteiger partial charge in [0.2, 0.25) is 0 Å². The Balaban J connectivity index is 7.19. The van der Waals surface area contributed by atoms with Crippen LogP contribution in [0.1, 0.15) is 0 Å². The van der Waals surface area contributed by atoms with Crippen molar-refractivity contribution in [1.82, 2.24) is 0 Å². The Kier molecular flexibility index (Phi) is 5.85. The Labute approximate surface area is 136 Å². The number of rotatable bonds is 5. The lowest BCUT2D eigenvalue weighted by Crippen LogP contribution is -2.79. The van der Waals surface area contributed by atoms with Crippen molar-refractivity contribution in [3.63, 3.8) is 0 Å². The van der Waals surface area contributed by atoms with Crippen LogP contribution in [0.15, 0.2) is 0 Å². The summed E-state index contributed by atoms with van der Waals surface area (Å²) >= 11 is 0. The number of alkyl halides is 17. The molecular weight excluding hydrogens is 447 g/mol. The van der Waals surface area contributed by atoms with E-state index in [1.54, 1.807) is 0 Å². The van der Waals surface area contributed by atoms with Crippen LogP contribution in [-0.4, -0.2) is 54.9 Å². The largest absolute Gasteiger partial charge is 0.460 e. The number of hydrogen-bond donors (Lipinski definition) is 0. The van der Waals surface area contributed by atoms with Crippen LogP contribution in [0.25, 0.3) is 0 Å². The molecule has 2 atom stereocenters. The number of methoxy groups -OCH3 is 1. The second-order valence-corrected chi connectivity index (χ2v) is 4.67. The standard InChI is InChI=1S/C9H3F17O/c1-27-6(17,9(24,25)26)2(10,7(18,19)20)3(11,12)4(13,14)5(15,16)8(21,22)23/h1H3. The van der Waals surface area contributed by atoms with Crippen molar-refractivity contribution in [2.45, 2.75) is 47.8 Å². The fraction of sp³-hybridized carbons (Fsp3) is 1.00. The van der Waals surface area contributed by atoms with E-state index >= 15 is 0 Å². The van der Waals surface area contributed by atoms with Crippen molar-refractivity contribution in [2.75, 3.05) is 7.11 Å². The van der Waals surface area contributed by atoms with Crippen LogP contribution in [-0.2, 0) is 4.74 Å². The Hall–Kier alpha value is -1.23. The van der Waals surface area contributed by atoms with Crippen molar-refractivity contribution in [3.05, 3.63) is 0 Å². The first-order valence-corrected chi connectivity index (χ1v) is 5.58. The second-order valence-electron chi connectivity index (χ2n) is 4.67. The predicted octanol–water partition coefficient (Wildman–Crippen LogP) is 5.60. The molecule has 0 aliphatic carbocycles. The van der Waals surface area contributed by atoms with Gasteiger partial charge in [0.05, 0.1) is 0 Å². The molecule has 0 fully saturated rings. The normalized spacial score (nSPS) is 20.2. The fourth-order valence-electron chi connectivity index (χ4n) is 1.61. The van der Waals surface area contributed by atoms with E-state index in [4.69, 9.17) is 0 Å². The fourth-order valence-corrected chi connectivity index (χ4v) is 1.61. The van der Waals surface area contributed by atoms with Gasteiger partial charge in [-0.15, -0.1) is 0 Å². The Morgan fingerprint density at radius 3 is 0.926 bits per heavy atom. The maximum absolute atomic E-state index is 13.8. The first kappa shape index (κ1) is 25.8. The molecule has 0 aliphatic rings. The van der Waals surface area contributed by atoms with E-state index in [2.05, 4.69) is 4.74 Å². The van der Waals surface area contributed by atoms with E-state index in [1.807, 2.05) is 0 Å². The molecule has 0 radical (unpaired) electrons. The van der Waals surface area contributed by atoms with Gasteiger partial charge in [0.25, 0.3) is 0 Å². The average molecular weight is 450 g/mol. The van der Waals surface area contributed by atoms with Crippen molar-refractivity contribution in [1.29, 1.82) is 0 Å². The van der Waals surface area contributed by atoms with Gasteiger partial charge in [0.1, 0.15) is 0 Å². The van der Waals surface area contributed by atoms with Crippen molar-refractivity contribution in [2.24, 2.45) is 0 Å². The minimum absolute atomic E-state index is 0.913. The first-order valence-electron chi connectivity index (χ1n) is 5.58. The van der Waals surface area contributed by atoms with E-state index < -0.39 is 54.9 Å². The molecule has 2 unspecified atom stereocenters. The molecule has 0 saturated heterocycles. The topological polar surface area (TPSA) is 9.23 Å². The molecule has 164 valence electrons. The summed E-state index contributed by atoms with van der Waals surface area (Å²) in [6, 6.07) is 0. The van der Waals surface area contributed by atoms with Crippen LogP contribution < -0.4 is 0 Å². The molecular formula is C9H3F17O. The molecule has 0 aliphatic heterocycles. The van der Waals surface area contributed by atoms with Crippen LogP contribution in [0, 0.1) is 0 Å². The van der Waals surface area contributed by atoms with E-state index in [0.29, 0.717) is 0 Å². The van der Waals surface area contributed by atoms with Gasteiger partial charge in [-0.2, -0.15) is 70.2 Å². The van der Waals surface area contributed by atoms with Crippen LogP contribution >= 0.6 is 0 Å². The Morgan fingerprint density at radius 1 is 0.407 bits per heavy atom. The molecule has 27 heavy (non-hydrogen) atoms. The average Bonchev–Trinajstić information content (AvgIpc) is 2.40. The predicted molar refractivity (Wildman–Crippen MR) is 47.7 cm³/mol. The third-order valence-corrected chi connectivity index (χ3v) is 3.06. The van der Waals surface area contributed by atoms with Gasteiger partial charge in [-0.1, -0.05) is 0 Å². The Morgan fingerprint density at radius 2 is 0.741 bits per heavy atom. The van der Waals surface area contributed by atoms with Crippen LogP contribution in [0.3, 0.4) is 0 Å². The van der Waals surface area contributed by atoms with Crippen molar-refractivity contribution in [3.8, 4) is 0 Å². The molecule has 0 aromatic rings. The number of halogens is 17. The third kappa shape index (κ3) is 3.06. The van der Waals surface area contributed by atoms with E-state index in [9.17, 15) is 74.6 Å². The summed E-state index contributed by atoms with van der Waals surface area (Å²) in [7, 11) is -0.913. The summed E-state index contributed by atoms with van der Waals surface area (Å²) < 4.78 is 217. The quantitative estimate of drug-likeness (QED) is 0.496. The van der Waals surface area contributed by atoms with Gasteiger partial charge in [-0.3, -0.25) is 0 Å². The van der Waals surface area contributed by atoms with Gasteiger partial charge in [0, 0.05) is 7.11 Å². The second kappa shape index (κ2) is 6.13. The van der Waals surface area contributed by atoms with Crippen LogP contribution in [0.2, 0.25) is 0 Å². The monoisotopic (exact) mass is 450 g/mol. The maximum atomic E-state index is 13.8. The Bertz CT molecular complexity index is 540. The highest BCUT2D eigenvalue weighted by Crippen LogP contribution is 2.65. The molecule has 18 heteroatoms. The van der Waals surface area contributed by atoms with Gasteiger partial charge in [0.15, 0.2) is 0 Å². The summed E-state index contributed by atoms with van der Waals surface area (Å²) in [6.45, 7) is 0. The lowest BCUT2D eigenvalue weighted by molar-refractivity contribution is -0.488. The minimum atomic E-state index is -8.70. The van der Waals surface area contributed by atoms with Crippen molar-refractivity contribution < 1.29 is 79.4 Å². The highest BCUT2D eigenvalue weighted by atomic mass is 19.4. The van der Waals surface area contributed by atoms with E-state index in [-0.39, 0.29) is 0 Å². The van der Waals surface area contributed by atoms with E-state index in [0.717, 1.165) is 0 Å². The molecule has 0 rings (SSSR count). The summed E-state index contributed by atoms with van der Waals surface area (Å²) in [6.07, 6.45) is -23.5. The lowest BCUT2D eigenvalue weighted by atomic mass is 9.81. The molecule has 0 spiro atoms. The van der Waals surface area contributed by atoms with Gasteiger partial charge in [-0.05, 0) is 0 Å². The number of hydrogen-bond acceptors (Lipinski definition) is 1. The molecule has 0 aromatic carbocycles. The highest BCUT2D eigenvalue weighted by Gasteiger charge is 2.98. The van der Waals surface area contributed by atoms with Gasteiger partial charge < -0.3 is 4.74 Å². The molecule has 1 nitrogen and oxygen atoms in total. The molecule has 0 amide bonds. The van der Waals surface area contributed by atoms with Crippen molar-refractivity contribution >= 4 is 0 Å². The zero-order valence-electron chi connectivity index (χ0n) is 11.8. The summed E-state index contributed by atoms with van der Waals surface area (Å²) in [5.41, 5.74) is -8.45. The summed E-state index contributed by atoms with van der Waals surface area (Å²) in [4.78, 5) is 0.